The van der Waals surface area contributed by atoms with Gasteiger partial charge in [0.15, 0.2) is 0 Å². The van der Waals surface area contributed by atoms with Crippen LogP contribution in [0.5, 0.6) is 0 Å². The van der Waals surface area contributed by atoms with E-state index < -0.39 is 0 Å². The van der Waals surface area contributed by atoms with Crippen LogP contribution in [-0.4, -0.2) is 44.9 Å². The molecule has 0 unspecified atom stereocenters. The molecular weight excluding hydrogens is 548 g/mol. The standard InChI is InChI=1S/C34H35ClN4OS/c35-32-27-12-4-7-15-30(27)41-33(32)34(40)38(20-24-16-17-24)23-31-36-28-13-5-6-14-29(28)39(31)22-26-11-3-2-10-25(26)21-37-18-8-1-9-19-37/h2-7,10-15,24H,1,8-9,16-23H2. The SMILES string of the molecule is O=C(c1sc2ccccc2c1Cl)N(Cc1nc2ccccc2n1Cc1ccccc1CN1CCCCC1)CC1CC1. The van der Waals surface area contributed by atoms with Gasteiger partial charge in [-0.15, -0.1) is 11.3 Å². The fourth-order valence-corrected chi connectivity index (χ4v) is 7.59. The third-order valence-electron chi connectivity index (χ3n) is 8.55. The van der Waals surface area contributed by atoms with Crippen LogP contribution >= 0.6 is 22.9 Å². The number of hydrogen-bond acceptors (Lipinski definition) is 4. The van der Waals surface area contributed by atoms with Gasteiger partial charge in [-0.1, -0.05) is 72.6 Å². The van der Waals surface area contributed by atoms with Crippen LogP contribution < -0.4 is 0 Å². The zero-order chi connectivity index (χ0) is 27.8. The number of halogens is 1. The Kier molecular flexibility index (Phi) is 7.55. The maximum Gasteiger partial charge on any atom is 0.265 e. The summed E-state index contributed by atoms with van der Waals surface area (Å²) in [5, 5.41) is 1.52. The number of carbonyl (C=O) groups is 1. The number of likely N-dealkylation sites (tertiary alicyclic amines) is 1. The largest absolute Gasteiger partial charge is 0.330 e. The average molecular weight is 583 g/mol. The topological polar surface area (TPSA) is 41.4 Å². The lowest BCUT2D eigenvalue weighted by Gasteiger charge is -2.27. The van der Waals surface area contributed by atoms with Crippen molar-refractivity contribution in [2.45, 2.75) is 51.7 Å². The number of aromatic nitrogens is 2. The molecule has 1 saturated carbocycles. The lowest BCUT2D eigenvalue weighted by atomic mass is 10.0. The molecule has 1 aliphatic heterocycles. The fraction of sp³-hybridized carbons (Fsp3) is 0.353. The number of carbonyl (C=O) groups excluding carboxylic acids is 1. The van der Waals surface area contributed by atoms with Crippen molar-refractivity contribution < 1.29 is 4.79 Å². The van der Waals surface area contributed by atoms with Gasteiger partial charge in [-0.3, -0.25) is 9.69 Å². The van der Waals surface area contributed by atoms with Gasteiger partial charge in [-0.05, 0) is 74.0 Å². The first kappa shape index (κ1) is 26.7. The van der Waals surface area contributed by atoms with Crippen molar-refractivity contribution in [3.8, 4) is 0 Å². The van der Waals surface area contributed by atoms with Crippen molar-refractivity contribution in [2.24, 2.45) is 5.92 Å². The molecule has 3 heterocycles. The predicted molar refractivity (Wildman–Crippen MR) is 169 cm³/mol. The normalized spacial score (nSPS) is 16.0. The molecular formula is C34H35ClN4OS. The molecule has 3 aromatic carbocycles. The summed E-state index contributed by atoms with van der Waals surface area (Å²) in [4.78, 5) is 24.4. The summed E-state index contributed by atoms with van der Waals surface area (Å²) < 4.78 is 3.37. The number of para-hydroxylation sites is 2. The summed E-state index contributed by atoms with van der Waals surface area (Å²) in [6, 6.07) is 25.2. The summed E-state index contributed by atoms with van der Waals surface area (Å²) in [5.41, 5.74) is 4.76. The number of rotatable bonds is 9. The van der Waals surface area contributed by atoms with E-state index in [1.807, 2.05) is 35.2 Å². The Hall–Kier alpha value is -3.19. The van der Waals surface area contributed by atoms with E-state index >= 15 is 0 Å². The van der Waals surface area contributed by atoms with Crippen LogP contribution in [0.1, 0.15) is 58.7 Å². The van der Waals surface area contributed by atoms with E-state index in [-0.39, 0.29) is 5.91 Å². The summed E-state index contributed by atoms with van der Waals surface area (Å²) in [7, 11) is 0. The molecule has 0 N–H and O–H groups in total. The summed E-state index contributed by atoms with van der Waals surface area (Å²) in [6.45, 7) is 5.25. The highest BCUT2D eigenvalue weighted by Gasteiger charge is 2.31. The Morgan fingerprint density at radius 3 is 2.39 bits per heavy atom. The Labute approximate surface area is 250 Å². The van der Waals surface area contributed by atoms with Crippen molar-refractivity contribution in [2.75, 3.05) is 19.6 Å². The lowest BCUT2D eigenvalue weighted by molar-refractivity contribution is 0.0734. The molecule has 41 heavy (non-hydrogen) atoms. The van der Waals surface area contributed by atoms with Crippen LogP contribution in [0.2, 0.25) is 5.02 Å². The molecule has 0 radical (unpaired) electrons. The summed E-state index contributed by atoms with van der Waals surface area (Å²) in [6.07, 6.45) is 6.25. The first-order chi connectivity index (χ1) is 20.1. The second-order valence-electron chi connectivity index (χ2n) is 11.6. The molecule has 0 atom stereocenters. The number of imidazole rings is 1. The van der Waals surface area contributed by atoms with Gasteiger partial charge in [-0.2, -0.15) is 0 Å². The molecule has 1 aliphatic carbocycles. The second kappa shape index (κ2) is 11.6. The maximum absolute atomic E-state index is 14.1. The lowest BCUT2D eigenvalue weighted by Crippen LogP contribution is -2.33. The number of amides is 1. The zero-order valence-electron chi connectivity index (χ0n) is 23.3. The first-order valence-corrected chi connectivity index (χ1v) is 16.0. The van der Waals surface area contributed by atoms with Gasteiger partial charge in [0.25, 0.3) is 5.91 Å². The van der Waals surface area contributed by atoms with Crippen LogP contribution in [0.15, 0.2) is 72.8 Å². The van der Waals surface area contributed by atoms with Crippen LogP contribution in [0.25, 0.3) is 21.1 Å². The van der Waals surface area contributed by atoms with E-state index in [4.69, 9.17) is 16.6 Å². The Bertz CT molecular complexity index is 1700. The highest BCUT2D eigenvalue weighted by molar-refractivity contribution is 7.21. The van der Waals surface area contributed by atoms with Gasteiger partial charge in [-0.25, -0.2) is 4.98 Å². The smallest absolute Gasteiger partial charge is 0.265 e. The van der Waals surface area contributed by atoms with Gasteiger partial charge in [0.05, 0.1) is 22.6 Å². The number of thiophene rings is 1. The minimum absolute atomic E-state index is 0.00667. The highest BCUT2D eigenvalue weighted by Crippen LogP contribution is 2.37. The van der Waals surface area contributed by atoms with Crippen molar-refractivity contribution in [1.29, 1.82) is 0 Å². The molecule has 7 heteroatoms. The molecule has 2 aromatic heterocycles. The Balaban J connectivity index is 1.23. The number of hydrogen-bond donors (Lipinski definition) is 0. The molecule has 2 aliphatic rings. The molecule has 210 valence electrons. The molecule has 0 spiro atoms. The third kappa shape index (κ3) is 5.66. The predicted octanol–water partition coefficient (Wildman–Crippen LogP) is 7.99. The quantitative estimate of drug-likeness (QED) is 0.177. The van der Waals surface area contributed by atoms with E-state index in [0.717, 1.165) is 46.6 Å². The number of nitrogens with zero attached hydrogens (tertiary/aromatic N) is 4. The fourth-order valence-electron chi connectivity index (χ4n) is 6.11. The van der Waals surface area contributed by atoms with Crippen LogP contribution in [0, 0.1) is 5.92 Å². The first-order valence-electron chi connectivity index (χ1n) is 14.8. The van der Waals surface area contributed by atoms with E-state index in [0.29, 0.717) is 22.4 Å². The van der Waals surface area contributed by atoms with Crippen molar-refractivity contribution in [3.05, 3.63) is 99.6 Å². The molecule has 1 saturated heterocycles. The molecule has 5 nitrogen and oxygen atoms in total. The Morgan fingerprint density at radius 2 is 1.61 bits per heavy atom. The molecule has 0 bridgehead atoms. The van der Waals surface area contributed by atoms with E-state index in [1.165, 1.54) is 67.7 Å². The minimum Gasteiger partial charge on any atom is -0.330 e. The van der Waals surface area contributed by atoms with E-state index in [2.05, 4.69) is 51.9 Å². The molecule has 2 fully saturated rings. The summed E-state index contributed by atoms with van der Waals surface area (Å²) in [5.74, 6) is 1.48. The maximum atomic E-state index is 14.1. The van der Waals surface area contributed by atoms with Gasteiger partial charge in [0.2, 0.25) is 0 Å². The van der Waals surface area contributed by atoms with Gasteiger partial charge < -0.3 is 9.47 Å². The summed E-state index contributed by atoms with van der Waals surface area (Å²) >= 11 is 8.28. The van der Waals surface area contributed by atoms with Gasteiger partial charge in [0, 0.05) is 29.7 Å². The zero-order valence-corrected chi connectivity index (χ0v) is 24.8. The van der Waals surface area contributed by atoms with Gasteiger partial charge >= 0.3 is 0 Å². The second-order valence-corrected chi connectivity index (χ2v) is 13.0. The molecule has 1 amide bonds. The number of fused-ring (bicyclic) bond motifs is 2. The van der Waals surface area contributed by atoms with Crippen LogP contribution in [-0.2, 0) is 19.6 Å². The third-order valence-corrected chi connectivity index (χ3v) is 10.2. The molecule has 5 aromatic rings. The van der Waals surface area contributed by atoms with E-state index in [9.17, 15) is 4.79 Å². The molecule has 7 rings (SSSR count). The highest BCUT2D eigenvalue weighted by atomic mass is 35.5. The van der Waals surface area contributed by atoms with Crippen LogP contribution in [0.4, 0.5) is 0 Å². The van der Waals surface area contributed by atoms with Gasteiger partial charge in [0.1, 0.15) is 10.7 Å². The number of benzene rings is 3. The monoisotopic (exact) mass is 582 g/mol. The van der Waals surface area contributed by atoms with Crippen molar-refractivity contribution in [3.63, 3.8) is 0 Å². The van der Waals surface area contributed by atoms with Crippen LogP contribution in [0.3, 0.4) is 0 Å². The minimum atomic E-state index is 0.00667. The average Bonchev–Trinajstić information content (AvgIpc) is 3.68. The number of piperidine rings is 1. The Morgan fingerprint density at radius 1 is 0.902 bits per heavy atom. The van der Waals surface area contributed by atoms with Crippen molar-refractivity contribution in [1.82, 2.24) is 19.4 Å². The van der Waals surface area contributed by atoms with E-state index in [1.54, 1.807) is 0 Å². The van der Waals surface area contributed by atoms with Crippen molar-refractivity contribution >= 4 is 50.0 Å².